The molecule has 4 nitrogen and oxygen atoms in total. The second-order valence-corrected chi connectivity index (χ2v) is 5.75. The molecule has 1 heterocycles. The van der Waals surface area contributed by atoms with Crippen LogP contribution >= 0.6 is 27.5 Å². The molecule has 0 aliphatic carbocycles. The molecule has 0 saturated heterocycles. The monoisotopic (exact) mass is 357 g/mol. The van der Waals surface area contributed by atoms with E-state index < -0.39 is 0 Å². The highest BCUT2D eigenvalue weighted by atomic mass is 79.9. The zero-order valence-electron chi connectivity index (χ0n) is 11.7. The largest absolute Gasteiger partial charge is 0.493 e. The Bertz CT molecular complexity index is 600. The molecular formula is C14H17BrClN3O. The molecule has 2 aromatic rings. The third-order valence-electron chi connectivity index (χ3n) is 3.06. The quantitative estimate of drug-likeness (QED) is 0.855. The zero-order valence-corrected chi connectivity index (χ0v) is 14.0. The van der Waals surface area contributed by atoms with E-state index in [1.807, 2.05) is 29.2 Å². The molecule has 0 bridgehead atoms. The van der Waals surface area contributed by atoms with Crippen LogP contribution in [0, 0.1) is 0 Å². The number of nitrogens with one attached hydrogen (secondary N) is 1. The van der Waals surface area contributed by atoms with Gasteiger partial charge >= 0.3 is 0 Å². The highest BCUT2D eigenvalue weighted by Gasteiger charge is 2.14. The fraction of sp³-hybridized carbons (Fsp3) is 0.357. The number of halogens is 2. The average Bonchev–Trinajstić information content (AvgIpc) is 2.87. The number of anilines is 1. The summed E-state index contributed by atoms with van der Waals surface area (Å²) >= 11 is 9.55. The van der Waals surface area contributed by atoms with E-state index in [1.54, 1.807) is 7.11 Å². The maximum Gasteiger partial charge on any atom is 0.156 e. The van der Waals surface area contributed by atoms with Gasteiger partial charge in [-0.25, -0.2) is 0 Å². The molecule has 0 amide bonds. The molecule has 108 valence electrons. The normalized spacial score (nSPS) is 12.2. The fourth-order valence-electron chi connectivity index (χ4n) is 1.97. The second-order valence-electron chi connectivity index (χ2n) is 4.46. The molecule has 6 heteroatoms. The number of aromatic nitrogens is 2. The number of ether oxygens (including phenoxy) is 1. The van der Waals surface area contributed by atoms with Gasteiger partial charge in [-0.2, -0.15) is 5.10 Å². The van der Waals surface area contributed by atoms with Crippen LogP contribution in [0.1, 0.15) is 25.5 Å². The van der Waals surface area contributed by atoms with Gasteiger partial charge in [0.1, 0.15) is 0 Å². The van der Waals surface area contributed by atoms with Crippen molar-refractivity contribution < 1.29 is 4.74 Å². The van der Waals surface area contributed by atoms with Gasteiger partial charge < -0.3 is 10.1 Å². The molecule has 0 saturated carbocycles. The molecule has 0 aliphatic rings. The summed E-state index contributed by atoms with van der Waals surface area (Å²) in [6.45, 7) is 5.00. The first kappa shape index (κ1) is 15.2. The van der Waals surface area contributed by atoms with E-state index >= 15 is 0 Å². The van der Waals surface area contributed by atoms with Crippen molar-refractivity contribution in [3.8, 4) is 5.75 Å². The summed E-state index contributed by atoms with van der Waals surface area (Å²) in [6.07, 6.45) is 3.90. The van der Waals surface area contributed by atoms with Crippen molar-refractivity contribution in [2.45, 2.75) is 26.4 Å². The number of aryl methyl sites for hydroxylation is 1. The number of nitrogens with zero attached hydrogens (tertiary/aromatic N) is 2. The number of methoxy groups -OCH3 is 1. The maximum absolute atomic E-state index is 6.09. The lowest BCUT2D eigenvalue weighted by Crippen LogP contribution is -2.07. The van der Waals surface area contributed by atoms with Crippen molar-refractivity contribution in [1.29, 1.82) is 0 Å². The Labute approximate surface area is 132 Å². The molecule has 1 atom stereocenters. The van der Waals surface area contributed by atoms with Crippen molar-refractivity contribution >= 4 is 33.2 Å². The Kier molecular flexibility index (Phi) is 4.94. The topological polar surface area (TPSA) is 39.1 Å². The van der Waals surface area contributed by atoms with E-state index in [-0.39, 0.29) is 6.04 Å². The van der Waals surface area contributed by atoms with Crippen LogP contribution in [0.25, 0.3) is 0 Å². The number of benzene rings is 1. The smallest absolute Gasteiger partial charge is 0.156 e. The van der Waals surface area contributed by atoms with Crippen LogP contribution in [0.4, 0.5) is 5.69 Å². The first-order chi connectivity index (χ1) is 9.55. The predicted molar refractivity (Wildman–Crippen MR) is 85.6 cm³/mol. The summed E-state index contributed by atoms with van der Waals surface area (Å²) in [6, 6.07) is 3.77. The van der Waals surface area contributed by atoms with E-state index in [0.717, 1.165) is 28.0 Å². The number of hydrogen-bond acceptors (Lipinski definition) is 3. The van der Waals surface area contributed by atoms with Gasteiger partial charge in [-0.15, -0.1) is 0 Å². The van der Waals surface area contributed by atoms with Crippen LogP contribution in [0.2, 0.25) is 5.02 Å². The van der Waals surface area contributed by atoms with Crippen molar-refractivity contribution in [1.82, 2.24) is 9.78 Å². The van der Waals surface area contributed by atoms with Gasteiger partial charge in [-0.1, -0.05) is 11.6 Å². The standard InChI is InChI=1S/C14H17BrClN3O/c1-4-19-8-10(7-17-19)9(2)18-13-6-11(16)5-12(15)14(13)20-3/h5-9,18H,4H2,1-3H3. The molecule has 1 aromatic carbocycles. The summed E-state index contributed by atoms with van der Waals surface area (Å²) in [5.41, 5.74) is 1.97. The molecule has 1 unspecified atom stereocenters. The molecule has 1 aromatic heterocycles. The summed E-state index contributed by atoms with van der Waals surface area (Å²) in [7, 11) is 1.64. The summed E-state index contributed by atoms with van der Waals surface area (Å²) < 4.78 is 8.13. The van der Waals surface area contributed by atoms with Crippen LogP contribution < -0.4 is 10.1 Å². The van der Waals surface area contributed by atoms with Crippen LogP contribution in [0.15, 0.2) is 29.0 Å². The average molecular weight is 359 g/mol. The van der Waals surface area contributed by atoms with Crippen LogP contribution in [0.5, 0.6) is 5.75 Å². The highest BCUT2D eigenvalue weighted by molar-refractivity contribution is 9.10. The van der Waals surface area contributed by atoms with Crippen LogP contribution in [-0.2, 0) is 6.54 Å². The Morgan fingerprint density at radius 1 is 1.50 bits per heavy atom. The minimum atomic E-state index is 0.106. The van der Waals surface area contributed by atoms with Crippen LogP contribution in [-0.4, -0.2) is 16.9 Å². The molecule has 20 heavy (non-hydrogen) atoms. The van der Waals surface area contributed by atoms with E-state index in [2.05, 4.69) is 40.2 Å². The maximum atomic E-state index is 6.09. The summed E-state index contributed by atoms with van der Waals surface area (Å²) in [5.74, 6) is 0.740. The first-order valence-corrected chi connectivity index (χ1v) is 7.54. The van der Waals surface area contributed by atoms with Gasteiger partial charge in [-0.3, -0.25) is 4.68 Å². The van der Waals surface area contributed by atoms with Gasteiger partial charge in [0.15, 0.2) is 5.75 Å². The molecule has 0 fully saturated rings. The Morgan fingerprint density at radius 3 is 2.85 bits per heavy atom. The lowest BCUT2D eigenvalue weighted by molar-refractivity contribution is 0.413. The highest BCUT2D eigenvalue weighted by Crippen LogP contribution is 2.37. The third-order valence-corrected chi connectivity index (χ3v) is 3.87. The first-order valence-electron chi connectivity index (χ1n) is 6.37. The molecular weight excluding hydrogens is 342 g/mol. The van der Waals surface area contributed by atoms with Crippen molar-refractivity contribution in [3.05, 3.63) is 39.6 Å². The van der Waals surface area contributed by atoms with Crippen LogP contribution in [0.3, 0.4) is 0 Å². The molecule has 0 aliphatic heterocycles. The Hall–Kier alpha value is -1.20. The minimum absolute atomic E-state index is 0.106. The SMILES string of the molecule is CCn1cc(C(C)Nc2cc(Cl)cc(Br)c2OC)cn1. The minimum Gasteiger partial charge on any atom is -0.493 e. The Morgan fingerprint density at radius 2 is 2.25 bits per heavy atom. The van der Waals surface area contributed by atoms with Gasteiger partial charge in [0.2, 0.25) is 0 Å². The van der Waals surface area contributed by atoms with Gasteiger partial charge in [-0.05, 0) is 41.9 Å². The van der Waals surface area contributed by atoms with E-state index in [9.17, 15) is 0 Å². The molecule has 0 spiro atoms. The predicted octanol–water partition coefficient (Wildman–Crippen LogP) is 4.50. The lowest BCUT2D eigenvalue weighted by Gasteiger charge is -2.17. The molecule has 1 N–H and O–H groups in total. The third kappa shape index (κ3) is 3.27. The van der Waals surface area contributed by atoms with E-state index in [4.69, 9.17) is 16.3 Å². The second kappa shape index (κ2) is 6.50. The number of rotatable bonds is 5. The van der Waals surface area contributed by atoms with E-state index in [0.29, 0.717) is 5.02 Å². The van der Waals surface area contributed by atoms with E-state index in [1.165, 1.54) is 0 Å². The Balaban J connectivity index is 2.24. The van der Waals surface area contributed by atoms with Gasteiger partial charge in [0.05, 0.1) is 29.5 Å². The van der Waals surface area contributed by atoms with Crippen molar-refractivity contribution in [2.24, 2.45) is 0 Å². The fourth-order valence-corrected chi connectivity index (χ4v) is 2.94. The lowest BCUT2D eigenvalue weighted by atomic mass is 10.1. The molecule has 2 rings (SSSR count). The molecule has 0 radical (unpaired) electrons. The number of hydrogen-bond donors (Lipinski definition) is 1. The summed E-state index contributed by atoms with van der Waals surface area (Å²) in [5, 5.41) is 8.34. The summed E-state index contributed by atoms with van der Waals surface area (Å²) in [4.78, 5) is 0. The van der Waals surface area contributed by atoms with Crippen molar-refractivity contribution in [2.75, 3.05) is 12.4 Å². The van der Waals surface area contributed by atoms with Gasteiger partial charge in [0, 0.05) is 23.3 Å². The van der Waals surface area contributed by atoms with Crippen molar-refractivity contribution in [3.63, 3.8) is 0 Å². The zero-order chi connectivity index (χ0) is 14.7. The van der Waals surface area contributed by atoms with Gasteiger partial charge in [0.25, 0.3) is 0 Å².